The fourth-order valence-electron chi connectivity index (χ4n) is 1.52. The van der Waals surface area contributed by atoms with Gasteiger partial charge in [0.1, 0.15) is 10.4 Å². The summed E-state index contributed by atoms with van der Waals surface area (Å²) < 4.78 is 30.8. The maximum absolute atomic E-state index is 12.0. The Bertz CT molecular complexity index is 694. The summed E-state index contributed by atoms with van der Waals surface area (Å²) in [6.07, 6.45) is -0.0627. The largest absolute Gasteiger partial charge is 0.550 e. The monoisotopic (exact) mass is 284 g/mol. The molecule has 0 aliphatic heterocycles. The first-order valence-electron chi connectivity index (χ1n) is 5.41. The normalized spacial score (nSPS) is 11.8. The summed E-state index contributed by atoms with van der Waals surface area (Å²) in [5.41, 5.74) is 0.465. The molecule has 1 aromatic carbocycles. The summed E-state index contributed by atoms with van der Waals surface area (Å²) in [6.45, 7) is -0.00200. The summed E-state index contributed by atoms with van der Waals surface area (Å²) >= 11 is 0. The molecule has 0 atom stereocenters. The molecule has 1 N–H and O–H groups in total. The lowest BCUT2D eigenvalue weighted by Gasteiger charge is -2.06. The minimum atomic E-state index is -3.78. The molecule has 0 saturated carbocycles. The Morgan fingerprint density at radius 2 is 2.16 bits per heavy atom. The van der Waals surface area contributed by atoms with E-state index in [1.807, 2.05) is 0 Å². The van der Waals surface area contributed by atoms with E-state index in [-0.39, 0.29) is 29.8 Å². The third-order valence-corrected chi connectivity index (χ3v) is 3.88. The molecule has 2 rings (SSSR count). The highest BCUT2D eigenvalue weighted by Crippen LogP contribution is 2.19. The van der Waals surface area contributed by atoms with Gasteiger partial charge < -0.3 is 9.90 Å². The number of aliphatic carboxylic acids is 1. The molecule has 102 valence electrons. The van der Waals surface area contributed by atoms with Crippen molar-refractivity contribution in [3.05, 3.63) is 18.2 Å². The molecule has 8 nitrogen and oxygen atoms in total. The van der Waals surface area contributed by atoms with Crippen molar-refractivity contribution in [3.8, 4) is 0 Å². The number of carbonyl (C=O) groups is 1. The van der Waals surface area contributed by atoms with E-state index in [2.05, 4.69) is 19.7 Å². The average molecular weight is 284 g/mol. The molecular formula is C10H10N3O5S-. The molecule has 0 fully saturated rings. The maximum atomic E-state index is 12.0. The molecule has 0 radical (unpaired) electrons. The Labute approximate surface area is 108 Å². The van der Waals surface area contributed by atoms with Crippen molar-refractivity contribution in [2.24, 2.45) is 0 Å². The molecule has 0 aliphatic rings. The van der Waals surface area contributed by atoms with Crippen LogP contribution in [0, 0.1) is 0 Å². The first kappa shape index (κ1) is 13.4. The number of sulfonamides is 1. The predicted octanol–water partition coefficient (Wildman–Crippen LogP) is -0.969. The highest BCUT2D eigenvalue weighted by atomic mass is 32.2. The van der Waals surface area contributed by atoms with E-state index in [0.29, 0.717) is 5.52 Å². The number of hydrogen-bond donors (Lipinski definition) is 1. The van der Waals surface area contributed by atoms with E-state index in [1.54, 1.807) is 6.07 Å². The Morgan fingerprint density at radius 1 is 1.37 bits per heavy atom. The zero-order valence-corrected chi connectivity index (χ0v) is 10.5. The van der Waals surface area contributed by atoms with Crippen molar-refractivity contribution in [2.45, 2.75) is 17.7 Å². The van der Waals surface area contributed by atoms with Gasteiger partial charge in [-0.05, 0) is 35.3 Å². The zero-order chi connectivity index (χ0) is 13.9. The molecule has 0 aliphatic carbocycles. The van der Waals surface area contributed by atoms with Gasteiger partial charge in [0.05, 0.1) is 0 Å². The predicted molar refractivity (Wildman–Crippen MR) is 61.2 cm³/mol. The van der Waals surface area contributed by atoms with Gasteiger partial charge >= 0.3 is 0 Å². The maximum Gasteiger partial charge on any atom is 0.242 e. The third-order valence-electron chi connectivity index (χ3n) is 2.39. The van der Waals surface area contributed by atoms with Gasteiger partial charge in [0, 0.05) is 12.5 Å². The third kappa shape index (κ3) is 3.06. The minimum Gasteiger partial charge on any atom is -0.550 e. The summed E-state index contributed by atoms with van der Waals surface area (Å²) in [5, 5.41) is 17.3. The summed E-state index contributed by atoms with van der Waals surface area (Å²) in [7, 11) is -3.78. The number of benzene rings is 1. The Morgan fingerprint density at radius 3 is 2.89 bits per heavy atom. The second kappa shape index (κ2) is 5.33. The second-order valence-electron chi connectivity index (χ2n) is 3.76. The van der Waals surface area contributed by atoms with Crippen molar-refractivity contribution in [1.82, 2.24) is 15.0 Å². The van der Waals surface area contributed by atoms with Crippen LogP contribution in [0.1, 0.15) is 12.8 Å². The molecule has 2 aromatic rings. The summed E-state index contributed by atoms with van der Waals surface area (Å²) in [6, 6.07) is 4.46. The Balaban J connectivity index is 2.15. The van der Waals surface area contributed by atoms with Crippen LogP contribution in [0.15, 0.2) is 27.7 Å². The number of rotatable bonds is 6. The molecule has 1 heterocycles. The van der Waals surface area contributed by atoms with Crippen LogP contribution in [0.3, 0.4) is 0 Å². The van der Waals surface area contributed by atoms with E-state index < -0.39 is 16.0 Å². The molecule has 0 bridgehead atoms. The van der Waals surface area contributed by atoms with Crippen LogP contribution in [0.4, 0.5) is 0 Å². The summed E-state index contributed by atoms with van der Waals surface area (Å²) in [5.74, 6) is -1.22. The van der Waals surface area contributed by atoms with Gasteiger partial charge in [0.2, 0.25) is 10.0 Å². The van der Waals surface area contributed by atoms with Crippen molar-refractivity contribution in [2.75, 3.05) is 6.54 Å². The van der Waals surface area contributed by atoms with Gasteiger partial charge in [0.25, 0.3) is 0 Å². The van der Waals surface area contributed by atoms with Gasteiger partial charge in [-0.15, -0.1) is 0 Å². The van der Waals surface area contributed by atoms with Crippen molar-refractivity contribution in [3.63, 3.8) is 0 Å². The van der Waals surface area contributed by atoms with Gasteiger partial charge in [-0.2, -0.15) is 0 Å². The quantitative estimate of drug-likeness (QED) is 0.676. The van der Waals surface area contributed by atoms with E-state index in [4.69, 9.17) is 0 Å². The van der Waals surface area contributed by atoms with Crippen LogP contribution in [-0.4, -0.2) is 31.2 Å². The number of nitrogens with zero attached hydrogens (tertiary/aromatic N) is 2. The molecule has 19 heavy (non-hydrogen) atoms. The second-order valence-corrected chi connectivity index (χ2v) is 5.50. The van der Waals surface area contributed by atoms with Gasteiger partial charge in [-0.3, -0.25) is 0 Å². The average Bonchev–Trinajstić information content (AvgIpc) is 2.82. The molecule has 0 spiro atoms. The smallest absolute Gasteiger partial charge is 0.242 e. The van der Waals surface area contributed by atoms with Crippen LogP contribution < -0.4 is 9.83 Å². The van der Waals surface area contributed by atoms with E-state index in [9.17, 15) is 18.3 Å². The van der Waals surface area contributed by atoms with Gasteiger partial charge in [0.15, 0.2) is 5.52 Å². The highest BCUT2D eigenvalue weighted by molar-refractivity contribution is 7.89. The van der Waals surface area contributed by atoms with Gasteiger partial charge in [-0.1, -0.05) is 6.07 Å². The molecule has 1 aromatic heterocycles. The lowest BCUT2D eigenvalue weighted by Crippen LogP contribution is -2.27. The van der Waals surface area contributed by atoms with Crippen LogP contribution in [0.25, 0.3) is 11.0 Å². The lowest BCUT2D eigenvalue weighted by molar-refractivity contribution is -0.305. The fraction of sp³-hybridized carbons (Fsp3) is 0.300. The fourth-order valence-corrected chi connectivity index (χ4v) is 2.74. The molecule has 0 saturated heterocycles. The van der Waals surface area contributed by atoms with E-state index in [1.165, 1.54) is 12.1 Å². The minimum absolute atomic E-state index is 0.00200. The number of carboxylic acids is 1. The zero-order valence-electron chi connectivity index (χ0n) is 9.70. The Hall–Kier alpha value is -2.00. The SMILES string of the molecule is O=C([O-])CCCNS(=O)(=O)c1cccc2nonc12. The van der Waals surface area contributed by atoms with Crippen LogP contribution in [0.5, 0.6) is 0 Å². The molecule has 0 unspecified atom stereocenters. The lowest BCUT2D eigenvalue weighted by atomic mass is 10.3. The summed E-state index contributed by atoms with van der Waals surface area (Å²) in [4.78, 5) is 10.2. The standard InChI is InChI=1S/C10H11N3O5S/c14-9(15)5-2-6-11-19(16,17)8-4-1-3-7-10(8)13-18-12-7/h1,3-4,11H,2,5-6H2,(H,14,15)/p-1. The van der Waals surface area contributed by atoms with Crippen molar-refractivity contribution in [1.29, 1.82) is 0 Å². The van der Waals surface area contributed by atoms with E-state index in [0.717, 1.165) is 0 Å². The number of fused-ring (bicyclic) bond motifs is 1. The first-order valence-corrected chi connectivity index (χ1v) is 6.90. The molecular weight excluding hydrogens is 274 g/mol. The first-order chi connectivity index (χ1) is 9.00. The number of aromatic nitrogens is 2. The van der Waals surface area contributed by atoms with Crippen LogP contribution in [-0.2, 0) is 14.8 Å². The highest BCUT2D eigenvalue weighted by Gasteiger charge is 2.19. The van der Waals surface area contributed by atoms with Crippen LogP contribution in [0.2, 0.25) is 0 Å². The van der Waals surface area contributed by atoms with E-state index >= 15 is 0 Å². The van der Waals surface area contributed by atoms with Gasteiger partial charge in [-0.25, -0.2) is 17.8 Å². The van der Waals surface area contributed by atoms with Crippen molar-refractivity contribution < 1.29 is 22.9 Å². The van der Waals surface area contributed by atoms with Crippen LogP contribution >= 0.6 is 0 Å². The number of nitrogens with one attached hydrogen (secondary N) is 1. The Kier molecular flexibility index (Phi) is 3.76. The van der Waals surface area contributed by atoms with Crippen molar-refractivity contribution >= 4 is 27.0 Å². The topological polar surface area (TPSA) is 125 Å². The molecule has 0 amide bonds. The molecule has 9 heteroatoms. The number of hydrogen-bond acceptors (Lipinski definition) is 7. The number of carbonyl (C=O) groups excluding carboxylic acids is 1. The number of carboxylic acid groups (broad SMARTS) is 1.